The molecule has 0 saturated carbocycles. The molecule has 2 N–H and O–H groups in total. The van der Waals surface area contributed by atoms with E-state index < -0.39 is 5.82 Å². The molecule has 0 unspecified atom stereocenters. The first-order valence-electron chi connectivity index (χ1n) is 4.42. The second-order valence-electron chi connectivity index (χ2n) is 3.07. The van der Waals surface area contributed by atoms with Crippen molar-refractivity contribution in [2.75, 3.05) is 0 Å². The highest BCUT2D eigenvalue weighted by Crippen LogP contribution is 2.20. The van der Waals surface area contributed by atoms with Gasteiger partial charge < -0.3 is 5.32 Å². The van der Waals surface area contributed by atoms with Crippen molar-refractivity contribution >= 4 is 45.7 Å². The monoisotopic (exact) mass is 292 g/mol. The molecule has 0 aliphatic heterocycles. The van der Waals surface area contributed by atoms with Crippen LogP contribution in [0.3, 0.4) is 0 Å². The Morgan fingerprint density at radius 1 is 1.41 bits per heavy atom. The zero-order valence-electron chi connectivity index (χ0n) is 8.53. The normalized spacial score (nSPS) is 11.2. The molecule has 0 heterocycles. The molecule has 0 aliphatic rings. The van der Waals surface area contributed by atoms with Gasteiger partial charge in [-0.25, -0.2) is 4.39 Å². The van der Waals surface area contributed by atoms with Gasteiger partial charge in [0.2, 0.25) is 0 Å². The number of benzene rings is 1. The van der Waals surface area contributed by atoms with Gasteiger partial charge in [0, 0.05) is 22.4 Å². The number of halogens is 4. The van der Waals surface area contributed by atoms with Crippen molar-refractivity contribution in [1.82, 2.24) is 5.32 Å². The van der Waals surface area contributed by atoms with Crippen LogP contribution >= 0.6 is 34.8 Å². The second kappa shape index (κ2) is 6.05. The molecule has 0 fully saturated rings. The van der Waals surface area contributed by atoms with Crippen LogP contribution in [0.4, 0.5) is 4.39 Å². The molecular weight excluding hydrogens is 285 g/mol. The molecule has 0 bridgehead atoms. The van der Waals surface area contributed by atoms with Crippen LogP contribution in [0.5, 0.6) is 0 Å². The summed E-state index contributed by atoms with van der Waals surface area (Å²) in [5, 5.41) is 9.79. The fourth-order valence-corrected chi connectivity index (χ4v) is 1.65. The van der Waals surface area contributed by atoms with Gasteiger partial charge in [-0.05, 0) is 18.2 Å². The largest absolute Gasteiger partial charge is 0.346 e. The van der Waals surface area contributed by atoms with Crippen LogP contribution in [0.1, 0.15) is 5.56 Å². The predicted octanol–water partition coefficient (Wildman–Crippen LogP) is 4.34. The van der Waals surface area contributed by atoms with Gasteiger partial charge in [-0.15, -0.1) is 0 Å². The van der Waals surface area contributed by atoms with Crippen molar-refractivity contribution < 1.29 is 4.39 Å². The minimum Gasteiger partial charge on any atom is -0.346 e. The van der Waals surface area contributed by atoms with Crippen LogP contribution < -0.4 is 5.32 Å². The van der Waals surface area contributed by atoms with E-state index in [1.807, 2.05) is 0 Å². The lowest BCUT2D eigenvalue weighted by Crippen LogP contribution is -2.09. The molecule has 6 heteroatoms. The summed E-state index contributed by atoms with van der Waals surface area (Å²) in [6, 6.07) is 4.08. The van der Waals surface area contributed by atoms with E-state index in [1.54, 1.807) is 0 Å². The van der Waals surface area contributed by atoms with Gasteiger partial charge in [0.25, 0.3) is 0 Å². The first-order valence-corrected chi connectivity index (χ1v) is 5.56. The molecule has 90 valence electrons. The molecule has 17 heavy (non-hydrogen) atoms. The van der Waals surface area contributed by atoms with Crippen molar-refractivity contribution in [2.45, 2.75) is 0 Å². The van der Waals surface area contributed by atoms with E-state index in [2.05, 4.69) is 11.9 Å². The zero-order chi connectivity index (χ0) is 13.0. The van der Waals surface area contributed by atoms with Crippen LogP contribution in [-0.4, -0.2) is 5.17 Å². The Balaban J connectivity index is 2.90. The topological polar surface area (TPSA) is 35.9 Å². The predicted molar refractivity (Wildman–Crippen MR) is 71.1 cm³/mol. The molecular formula is C11H8Cl3FN2. The fraction of sp³-hybridized carbons (Fsp3) is 0. The molecule has 1 rings (SSSR count). The highest BCUT2D eigenvalue weighted by molar-refractivity contribution is 6.68. The molecule has 0 radical (unpaired) electrons. The standard InChI is InChI=1S/C11H8Cl3FN2/c1-6(17-11(14)5-10(13)16)8-4-7(12)2-3-9(8)15/h2-5,16-17H,1H2. The van der Waals surface area contributed by atoms with Gasteiger partial charge in [0.1, 0.15) is 16.1 Å². The summed E-state index contributed by atoms with van der Waals surface area (Å²) < 4.78 is 13.4. The molecule has 1 aromatic rings. The summed E-state index contributed by atoms with van der Waals surface area (Å²) in [4.78, 5) is 0. The SMILES string of the molecule is C=C(NC(Cl)=CC(=N)Cl)c1cc(Cl)ccc1F. The Hall–Kier alpha value is -1.03. The number of nitrogens with one attached hydrogen (secondary N) is 2. The van der Waals surface area contributed by atoms with E-state index in [-0.39, 0.29) is 21.6 Å². The van der Waals surface area contributed by atoms with Gasteiger partial charge >= 0.3 is 0 Å². The third-order valence-electron chi connectivity index (χ3n) is 1.78. The van der Waals surface area contributed by atoms with Crippen LogP contribution in [0, 0.1) is 11.2 Å². The maximum atomic E-state index is 13.4. The zero-order valence-corrected chi connectivity index (χ0v) is 10.8. The summed E-state index contributed by atoms with van der Waals surface area (Å²) in [5.41, 5.74) is 0.425. The first kappa shape index (κ1) is 14.0. The molecule has 0 atom stereocenters. The summed E-state index contributed by atoms with van der Waals surface area (Å²) in [7, 11) is 0. The summed E-state index contributed by atoms with van der Waals surface area (Å²) >= 11 is 16.8. The van der Waals surface area contributed by atoms with Crippen LogP contribution in [0.2, 0.25) is 5.02 Å². The van der Waals surface area contributed by atoms with Crippen LogP contribution in [-0.2, 0) is 0 Å². The van der Waals surface area contributed by atoms with Crippen LogP contribution in [0.25, 0.3) is 5.70 Å². The first-order chi connectivity index (χ1) is 7.90. The van der Waals surface area contributed by atoms with E-state index in [9.17, 15) is 4.39 Å². The Labute approximate surface area is 113 Å². The minimum atomic E-state index is -0.475. The van der Waals surface area contributed by atoms with Gasteiger partial charge in [-0.1, -0.05) is 41.4 Å². The lowest BCUT2D eigenvalue weighted by Gasteiger charge is -2.09. The maximum Gasteiger partial charge on any atom is 0.132 e. The van der Waals surface area contributed by atoms with Crippen molar-refractivity contribution in [3.8, 4) is 0 Å². The number of hydrogen-bond donors (Lipinski definition) is 2. The van der Waals surface area contributed by atoms with Gasteiger partial charge in [0.05, 0.1) is 0 Å². The fourth-order valence-electron chi connectivity index (χ4n) is 1.09. The molecule has 1 aromatic carbocycles. The average Bonchev–Trinajstić information content (AvgIpc) is 2.20. The molecule has 0 aromatic heterocycles. The Bertz CT molecular complexity index is 497. The summed E-state index contributed by atoms with van der Waals surface area (Å²) in [6.07, 6.45) is 1.16. The van der Waals surface area contributed by atoms with E-state index in [1.165, 1.54) is 18.2 Å². The third-order valence-corrected chi connectivity index (χ3v) is 2.33. The lowest BCUT2D eigenvalue weighted by atomic mass is 10.1. The van der Waals surface area contributed by atoms with Crippen molar-refractivity contribution in [3.05, 3.63) is 52.4 Å². The van der Waals surface area contributed by atoms with Crippen LogP contribution in [0.15, 0.2) is 36.0 Å². The Morgan fingerprint density at radius 2 is 2.06 bits per heavy atom. The van der Waals surface area contributed by atoms with E-state index in [0.717, 1.165) is 6.08 Å². The lowest BCUT2D eigenvalue weighted by molar-refractivity contribution is 0.623. The number of hydrogen-bond acceptors (Lipinski definition) is 2. The molecule has 2 nitrogen and oxygen atoms in total. The molecule has 0 amide bonds. The minimum absolute atomic E-state index is 0.0642. The average molecular weight is 294 g/mol. The van der Waals surface area contributed by atoms with Gasteiger partial charge in [0.15, 0.2) is 0 Å². The Morgan fingerprint density at radius 3 is 2.65 bits per heavy atom. The Kier molecular flexibility index (Phi) is 5.00. The maximum absolute atomic E-state index is 13.4. The summed E-state index contributed by atoms with van der Waals surface area (Å²) in [6.45, 7) is 3.63. The van der Waals surface area contributed by atoms with Crippen molar-refractivity contribution in [3.63, 3.8) is 0 Å². The molecule has 0 saturated heterocycles. The number of allylic oxidation sites excluding steroid dienone is 1. The highest BCUT2D eigenvalue weighted by atomic mass is 35.5. The molecule has 0 aliphatic carbocycles. The van der Waals surface area contributed by atoms with E-state index >= 15 is 0 Å². The second-order valence-corrected chi connectivity index (χ2v) is 4.32. The quantitative estimate of drug-likeness (QED) is 0.629. The van der Waals surface area contributed by atoms with Crippen molar-refractivity contribution in [2.24, 2.45) is 0 Å². The smallest absolute Gasteiger partial charge is 0.132 e. The van der Waals surface area contributed by atoms with E-state index in [0.29, 0.717) is 5.02 Å². The summed E-state index contributed by atoms with van der Waals surface area (Å²) in [5.74, 6) is -0.475. The van der Waals surface area contributed by atoms with Gasteiger partial charge in [-0.3, -0.25) is 5.41 Å². The third kappa shape index (κ3) is 4.38. The van der Waals surface area contributed by atoms with Crippen molar-refractivity contribution in [1.29, 1.82) is 5.41 Å². The van der Waals surface area contributed by atoms with E-state index in [4.69, 9.17) is 40.2 Å². The highest BCUT2D eigenvalue weighted by Gasteiger charge is 2.07. The molecule has 0 spiro atoms. The number of rotatable bonds is 4. The van der Waals surface area contributed by atoms with Gasteiger partial charge in [-0.2, -0.15) is 0 Å².